The first kappa shape index (κ1) is 19.8. The third-order valence-electron chi connectivity index (χ3n) is 3.86. The van der Waals surface area contributed by atoms with E-state index < -0.39 is 20.3 Å². The Morgan fingerprint density at radius 3 is 2.71 bits per heavy atom. The lowest BCUT2D eigenvalue weighted by Crippen LogP contribution is -2.35. The van der Waals surface area contributed by atoms with Gasteiger partial charge in [0.2, 0.25) is 5.84 Å². The molecule has 1 saturated heterocycles. The second-order valence-electron chi connectivity index (χ2n) is 6.06. The number of aliphatic hydroxyl groups excluding tert-OH is 1. The molecular weight excluding hydrogens is 510 g/mol. The Morgan fingerprint density at radius 2 is 2.12 bits per heavy atom. The highest BCUT2D eigenvalue weighted by Gasteiger charge is 2.41. The predicted molar refractivity (Wildman–Crippen MR) is 103 cm³/mol. The van der Waals surface area contributed by atoms with Crippen molar-refractivity contribution in [2.75, 3.05) is 0 Å². The fourth-order valence-corrected chi connectivity index (χ4v) is 3.11. The molecule has 1 fully saturated rings. The van der Waals surface area contributed by atoms with Crippen LogP contribution in [0.1, 0.15) is 33.1 Å². The summed E-state index contributed by atoms with van der Waals surface area (Å²) in [4.78, 5) is 29.5. The van der Waals surface area contributed by atoms with Gasteiger partial charge in [0.1, 0.15) is 0 Å². The van der Waals surface area contributed by atoms with Gasteiger partial charge in [0.15, 0.2) is 8.37 Å². The Balaban J connectivity index is 2.35. The van der Waals surface area contributed by atoms with Gasteiger partial charge in [-0.2, -0.15) is 0 Å². The summed E-state index contributed by atoms with van der Waals surface area (Å²) in [5, 5.41) is 12.3. The van der Waals surface area contributed by atoms with Crippen LogP contribution >= 0.6 is 47.8 Å². The molecule has 6 nitrogen and oxygen atoms in total. The smallest absolute Gasteiger partial charge is 0.334 e. The predicted octanol–water partition coefficient (Wildman–Crippen LogP) is 3.74. The number of amidine groups is 1. The Bertz CT molecular complexity index is 640. The SMILES string of the molecule is CCCC1(C)C=CC=C(N2C(=O)NC(=O)C2=NC(O)C(Br)(Br)Br)C1. The van der Waals surface area contributed by atoms with E-state index in [1.807, 2.05) is 6.08 Å². The molecule has 132 valence electrons. The van der Waals surface area contributed by atoms with Gasteiger partial charge in [0.25, 0.3) is 5.91 Å². The molecule has 2 atom stereocenters. The number of amides is 3. The molecule has 0 bridgehead atoms. The number of allylic oxidation sites excluding steroid dienone is 4. The second kappa shape index (κ2) is 7.39. The van der Waals surface area contributed by atoms with E-state index in [0.717, 1.165) is 12.8 Å². The van der Waals surface area contributed by atoms with Crippen LogP contribution in [0.2, 0.25) is 0 Å². The number of rotatable bonds is 4. The summed E-state index contributed by atoms with van der Waals surface area (Å²) in [6.45, 7) is 4.22. The van der Waals surface area contributed by atoms with Crippen LogP contribution in [-0.2, 0) is 4.79 Å². The van der Waals surface area contributed by atoms with E-state index in [0.29, 0.717) is 12.1 Å². The van der Waals surface area contributed by atoms with E-state index in [1.165, 1.54) is 4.90 Å². The molecule has 1 heterocycles. The summed E-state index contributed by atoms with van der Waals surface area (Å²) in [6, 6.07) is -0.560. The maximum absolute atomic E-state index is 12.2. The number of carbonyl (C=O) groups is 2. The summed E-state index contributed by atoms with van der Waals surface area (Å²) in [5.74, 6) is -0.765. The molecule has 0 aromatic rings. The highest BCUT2D eigenvalue weighted by molar-refractivity contribution is 9.39. The summed E-state index contributed by atoms with van der Waals surface area (Å²) in [5.41, 5.74) is 0.588. The first-order valence-electron chi connectivity index (χ1n) is 7.44. The molecule has 0 aromatic heterocycles. The van der Waals surface area contributed by atoms with Crippen molar-refractivity contribution in [3.8, 4) is 0 Å². The molecule has 9 heteroatoms. The number of halogens is 3. The molecule has 2 aliphatic rings. The Labute approximate surface area is 165 Å². The lowest BCUT2D eigenvalue weighted by atomic mass is 9.78. The zero-order chi connectivity index (χ0) is 18.1. The minimum absolute atomic E-state index is 0.0848. The molecule has 0 aromatic carbocycles. The fourth-order valence-electron chi connectivity index (χ4n) is 2.80. The lowest BCUT2D eigenvalue weighted by molar-refractivity contribution is -0.113. The van der Waals surface area contributed by atoms with Crippen LogP contribution in [0.25, 0.3) is 0 Å². The van der Waals surface area contributed by atoms with E-state index in [9.17, 15) is 14.7 Å². The molecule has 3 amide bonds. The molecule has 0 radical (unpaired) electrons. The minimum atomic E-state index is -1.33. The lowest BCUT2D eigenvalue weighted by Gasteiger charge is -2.32. The number of hydrogen-bond donors (Lipinski definition) is 2. The topological polar surface area (TPSA) is 82.0 Å². The number of hydrogen-bond acceptors (Lipinski definition) is 4. The number of alkyl halides is 3. The zero-order valence-corrected chi connectivity index (χ0v) is 18.0. The van der Waals surface area contributed by atoms with E-state index in [2.05, 4.69) is 78.0 Å². The minimum Gasteiger partial charge on any atom is -0.369 e. The van der Waals surface area contributed by atoms with Gasteiger partial charge in [-0.1, -0.05) is 80.2 Å². The van der Waals surface area contributed by atoms with Crippen LogP contribution in [0.15, 0.2) is 28.9 Å². The van der Waals surface area contributed by atoms with Gasteiger partial charge >= 0.3 is 6.03 Å². The maximum Gasteiger partial charge on any atom is 0.334 e. The summed E-state index contributed by atoms with van der Waals surface area (Å²) < 4.78 is -1.09. The number of nitrogens with one attached hydrogen (secondary N) is 1. The van der Waals surface area contributed by atoms with Crippen molar-refractivity contribution in [3.05, 3.63) is 23.9 Å². The van der Waals surface area contributed by atoms with Crippen LogP contribution in [0, 0.1) is 5.41 Å². The van der Waals surface area contributed by atoms with Crippen molar-refractivity contribution < 1.29 is 14.7 Å². The van der Waals surface area contributed by atoms with Crippen molar-refractivity contribution in [2.45, 2.75) is 41.5 Å². The number of imide groups is 1. The molecule has 2 unspecified atom stereocenters. The Morgan fingerprint density at radius 1 is 1.46 bits per heavy atom. The third-order valence-corrected chi connectivity index (χ3v) is 5.08. The van der Waals surface area contributed by atoms with Gasteiger partial charge in [0.05, 0.1) is 0 Å². The second-order valence-corrected chi connectivity index (χ2v) is 13.0. The maximum atomic E-state index is 12.2. The van der Waals surface area contributed by atoms with Crippen molar-refractivity contribution in [2.24, 2.45) is 10.4 Å². The molecule has 2 N–H and O–H groups in total. The van der Waals surface area contributed by atoms with E-state index >= 15 is 0 Å². The molecule has 0 spiro atoms. The van der Waals surface area contributed by atoms with Crippen molar-refractivity contribution in [3.63, 3.8) is 0 Å². The monoisotopic (exact) mass is 525 g/mol. The first-order chi connectivity index (χ1) is 11.1. The van der Waals surface area contributed by atoms with Gasteiger partial charge in [-0.05, 0) is 24.3 Å². The van der Waals surface area contributed by atoms with Gasteiger partial charge in [-0.25, -0.2) is 14.7 Å². The number of carbonyl (C=O) groups excluding carboxylic acids is 2. The van der Waals surface area contributed by atoms with E-state index in [4.69, 9.17) is 0 Å². The Kier molecular flexibility index (Phi) is 6.10. The fraction of sp³-hybridized carbons (Fsp3) is 0.533. The summed E-state index contributed by atoms with van der Waals surface area (Å²) in [7, 11) is 0. The van der Waals surface area contributed by atoms with E-state index in [-0.39, 0.29) is 11.3 Å². The average molecular weight is 528 g/mol. The number of urea groups is 1. The highest BCUT2D eigenvalue weighted by Crippen LogP contribution is 2.39. The van der Waals surface area contributed by atoms with Gasteiger partial charge in [0, 0.05) is 5.70 Å². The van der Waals surface area contributed by atoms with Gasteiger partial charge < -0.3 is 5.11 Å². The van der Waals surface area contributed by atoms with Crippen LogP contribution in [-0.4, -0.2) is 36.2 Å². The van der Waals surface area contributed by atoms with Crippen LogP contribution < -0.4 is 5.32 Å². The number of aliphatic imine (C=N–C) groups is 1. The molecule has 2 rings (SSSR count). The molecule has 24 heavy (non-hydrogen) atoms. The van der Waals surface area contributed by atoms with E-state index in [1.54, 1.807) is 6.08 Å². The standard InChI is InChI=1S/C15H18Br3N3O3/c1-3-6-14(2)7-4-5-9(8-14)21-10(11(22)20-13(21)24)19-12(23)15(16,17)18/h4-5,7,12,23H,3,6,8H2,1-2H3,(H,20,22,24). The summed E-state index contributed by atoms with van der Waals surface area (Å²) >= 11 is 9.47. The van der Waals surface area contributed by atoms with Crippen molar-refractivity contribution >= 4 is 65.6 Å². The van der Waals surface area contributed by atoms with Crippen LogP contribution in [0.3, 0.4) is 0 Å². The third kappa shape index (κ3) is 4.36. The van der Waals surface area contributed by atoms with Crippen molar-refractivity contribution in [1.29, 1.82) is 0 Å². The van der Waals surface area contributed by atoms with Crippen molar-refractivity contribution in [1.82, 2.24) is 10.2 Å². The van der Waals surface area contributed by atoms with Crippen LogP contribution in [0.4, 0.5) is 4.79 Å². The normalized spacial score (nSPS) is 27.5. The average Bonchev–Trinajstić information content (AvgIpc) is 2.72. The molecular formula is C15H18Br3N3O3. The number of aliphatic hydroxyl groups is 1. The summed E-state index contributed by atoms with van der Waals surface area (Å²) in [6.07, 6.45) is 7.05. The van der Waals surface area contributed by atoms with Gasteiger partial charge in [-0.15, -0.1) is 0 Å². The molecule has 1 aliphatic heterocycles. The first-order valence-corrected chi connectivity index (χ1v) is 9.82. The quantitative estimate of drug-likeness (QED) is 0.431. The molecule has 1 aliphatic carbocycles. The molecule has 0 saturated carbocycles. The Hall–Kier alpha value is -0.510. The zero-order valence-electron chi connectivity index (χ0n) is 13.2. The largest absolute Gasteiger partial charge is 0.369 e. The highest BCUT2D eigenvalue weighted by atomic mass is 80.0. The van der Waals surface area contributed by atoms with Gasteiger partial charge in [-0.3, -0.25) is 10.1 Å². The number of nitrogens with zero attached hydrogens (tertiary/aromatic N) is 2. The van der Waals surface area contributed by atoms with Crippen LogP contribution in [0.5, 0.6) is 0 Å².